The molecule has 0 bridgehead atoms. The molecule has 0 aromatic carbocycles. The van der Waals surface area contributed by atoms with E-state index in [-0.39, 0.29) is 30.5 Å². The standard InChI is InChI=1S/C10H9NO4.C8H7NO3/c1-2-14-10(13)9-8(12)6-3-4-11-5-7(6)15-9;1-11-6-2-3-9-8-7(6)5(10)4-12-8/h3-5,12H,2H2,1H3;2-3H,4H2,1H3. The van der Waals surface area contributed by atoms with Gasteiger partial charge in [-0.1, -0.05) is 0 Å². The number of carbonyl (C=O) groups is 2. The second-order valence-corrected chi connectivity index (χ2v) is 5.28. The summed E-state index contributed by atoms with van der Waals surface area (Å²) in [7, 11) is 1.52. The van der Waals surface area contributed by atoms with Gasteiger partial charge in [0.1, 0.15) is 11.3 Å². The van der Waals surface area contributed by atoms with Crippen LogP contribution in [-0.2, 0) is 4.74 Å². The number of hydrogen-bond acceptors (Lipinski definition) is 9. The number of aromatic hydroxyl groups is 1. The number of esters is 1. The van der Waals surface area contributed by atoms with Crippen molar-refractivity contribution in [1.29, 1.82) is 0 Å². The fourth-order valence-corrected chi connectivity index (χ4v) is 2.44. The third-order valence-electron chi connectivity index (χ3n) is 3.64. The first-order valence-corrected chi connectivity index (χ1v) is 7.98. The lowest BCUT2D eigenvalue weighted by atomic mass is 10.2. The van der Waals surface area contributed by atoms with Gasteiger partial charge in [0.05, 0.1) is 25.3 Å². The molecule has 3 aromatic rings. The number of ketones is 1. The van der Waals surface area contributed by atoms with Crippen LogP contribution in [0.3, 0.4) is 0 Å². The van der Waals surface area contributed by atoms with Crippen molar-refractivity contribution in [2.45, 2.75) is 6.92 Å². The van der Waals surface area contributed by atoms with Crippen molar-refractivity contribution in [3.05, 3.63) is 42.0 Å². The highest BCUT2D eigenvalue weighted by atomic mass is 16.5. The van der Waals surface area contributed by atoms with Crippen LogP contribution in [0.15, 0.2) is 35.1 Å². The molecular weight excluding hydrogens is 356 g/mol. The van der Waals surface area contributed by atoms with E-state index in [2.05, 4.69) is 9.97 Å². The second-order valence-electron chi connectivity index (χ2n) is 5.28. The van der Waals surface area contributed by atoms with E-state index >= 15 is 0 Å². The van der Waals surface area contributed by atoms with Crippen LogP contribution in [-0.4, -0.2) is 47.2 Å². The lowest BCUT2D eigenvalue weighted by molar-refractivity contribution is 0.0488. The maximum Gasteiger partial charge on any atom is 0.378 e. The molecule has 140 valence electrons. The molecular formula is C18H16N2O7. The number of aromatic nitrogens is 2. The smallest absolute Gasteiger partial charge is 0.378 e. The highest BCUT2D eigenvalue weighted by molar-refractivity contribution is 6.04. The van der Waals surface area contributed by atoms with Crippen LogP contribution in [0.25, 0.3) is 11.0 Å². The molecule has 0 spiro atoms. The highest BCUT2D eigenvalue weighted by Gasteiger charge is 2.26. The Bertz CT molecular complexity index is 997. The van der Waals surface area contributed by atoms with Gasteiger partial charge in [-0.05, 0) is 19.1 Å². The molecule has 0 amide bonds. The largest absolute Gasteiger partial charge is 0.504 e. The fraction of sp³-hybridized carbons (Fsp3) is 0.222. The number of carbonyl (C=O) groups excluding carboxylic acids is 2. The van der Waals surface area contributed by atoms with E-state index in [9.17, 15) is 14.7 Å². The maximum absolute atomic E-state index is 11.3. The molecule has 0 radical (unpaired) electrons. The molecule has 4 rings (SSSR count). The van der Waals surface area contributed by atoms with E-state index in [4.69, 9.17) is 18.6 Å². The summed E-state index contributed by atoms with van der Waals surface area (Å²) in [5.74, 6) is -0.228. The number of furan rings is 1. The molecule has 4 heterocycles. The quantitative estimate of drug-likeness (QED) is 0.691. The summed E-state index contributed by atoms with van der Waals surface area (Å²) >= 11 is 0. The van der Waals surface area contributed by atoms with E-state index in [1.807, 2.05) is 0 Å². The second kappa shape index (κ2) is 7.73. The van der Waals surface area contributed by atoms with Gasteiger partial charge >= 0.3 is 5.97 Å². The van der Waals surface area contributed by atoms with Crippen LogP contribution in [0.1, 0.15) is 27.8 Å². The van der Waals surface area contributed by atoms with Gasteiger partial charge < -0.3 is 23.7 Å². The lowest BCUT2D eigenvalue weighted by Crippen LogP contribution is -2.02. The Morgan fingerprint density at radius 3 is 2.85 bits per heavy atom. The minimum Gasteiger partial charge on any atom is -0.504 e. The predicted molar refractivity (Wildman–Crippen MR) is 92.2 cm³/mol. The van der Waals surface area contributed by atoms with Crippen molar-refractivity contribution in [3.63, 3.8) is 0 Å². The number of rotatable bonds is 3. The summed E-state index contributed by atoms with van der Waals surface area (Å²) in [5.41, 5.74) is 0.818. The van der Waals surface area contributed by atoms with Crippen LogP contribution in [0, 0.1) is 0 Å². The minimum absolute atomic E-state index is 0.0721. The van der Waals surface area contributed by atoms with Gasteiger partial charge in [0.2, 0.25) is 11.7 Å². The van der Waals surface area contributed by atoms with E-state index in [0.717, 1.165) is 0 Å². The number of Topliss-reactive ketones (excluding diaryl/α,β-unsaturated/α-hetero) is 1. The van der Waals surface area contributed by atoms with E-state index in [0.29, 0.717) is 28.2 Å². The number of hydrogen-bond donors (Lipinski definition) is 1. The molecule has 0 unspecified atom stereocenters. The number of nitrogens with zero attached hydrogens (tertiary/aromatic N) is 2. The predicted octanol–water partition coefficient (Wildman–Crippen LogP) is 2.38. The third kappa shape index (κ3) is 3.52. The molecule has 3 aromatic heterocycles. The molecule has 0 saturated heterocycles. The number of ether oxygens (including phenoxy) is 3. The van der Waals surface area contributed by atoms with Crippen molar-refractivity contribution >= 4 is 22.7 Å². The molecule has 9 heteroatoms. The molecule has 27 heavy (non-hydrogen) atoms. The summed E-state index contributed by atoms with van der Waals surface area (Å²) in [6, 6.07) is 3.21. The first-order chi connectivity index (χ1) is 13.1. The number of fused-ring (bicyclic) bond motifs is 2. The molecule has 1 aliphatic heterocycles. The Morgan fingerprint density at radius 2 is 2.15 bits per heavy atom. The van der Waals surface area contributed by atoms with Crippen LogP contribution in [0.2, 0.25) is 0 Å². The lowest BCUT2D eigenvalue weighted by Gasteiger charge is -2.01. The molecule has 9 nitrogen and oxygen atoms in total. The summed E-state index contributed by atoms with van der Waals surface area (Å²) < 4.78 is 19.9. The van der Waals surface area contributed by atoms with Crippen LogP contribution >= 0.6 is 0 Å². The zero-order chi connectivity index (χ0) is 19.4. The first-order valence-electron chi connectivity index (χ1n) is 7.98. The van der Waals surface area contributed by atoms with E-state index in [1.54, 1.807) is 25.3 Å². The fourth-order valence-electron chi connectivity index (χ4n) is 2.44. The van der Waals surface area contributed by atoms with Crippen molar-refractivity contribution < 1.29 is 33.3 Å². The van der Waals surface area contributed by atoms with E-state index < -0.39 is 5.97 Å². The van der Waals surface area contributed by atoms with Crippen molar-refractivity contribution in [2.75, 3.05) is 20.3 Å². The zero-order valence-corrected chi connectivity index (χ0v) is 14.6. The maximum atomic E-state index is 11.3. The average Bonchev–Trinajstić information content (AvgIpc) is 3.23. The van der Waals surface area contributed by atoms with Gasteiger partial charge in [-0.15, -0.1) is 0 Å². The molecule has 1 aliphatic rings. The molecule has 1 N–H and O–H groups in total. The minimum atomic E-state index is -0.675. The Hall–Kier alpha value is -3.62. The Balaban J connectivity index is 0.000000159. The Labute approximate surface area is 153 Å². The van der Waals surface area contributed by atoms with Crippen molar-refractivity contribution in [2.24, 2.45) is 0 Å². The van der Waals surface area contributed by atoms with E-state index in [1.165, 1.54) is 19.5 Å². The monoisotopic (exact) mass is 372 g/mol. The number of methoxy groups -OCH3 is 1. The van der Waals surface area contributed by atoms with Crippen molar-refractivity contribution in [1.82, 2.24) is 9.97 Å². The highest BCUT2D eigenvalue weighted by Crippen LogP contribution is 2.31. The summed E-state index contributed by atoms with van der Waals surface area (Å²) in [4.78, 5) is 30.2. The number of pyridine rings is 2. The van der Waals surface area contributed by atoms with Gasteiger partial charge in [0.25, 0.3) is 5.76 Å². The topological polar surface area (TPSA) is 121 Å². The third-order valence-corrected chi connectivity index (χ3v) is 3.64. The molecule has 0 saturated carbocycles. The van der Waals surface area contributed by atoms with Crippen molar-refractivity contribution in [3.8, 4) is 17.4 Å². The normalized spacial score (nSPS) is 12.0. The van der Waals surface area contributed by atoms with Gasteiger partial charge in [-0.25, -0.2) is 9.78 Å². The average molecular weight is 372 g/mol. The summed E-state index contributed by atoms with van der Waals surface area (Å²) in [5, 5.41) is 10.1. The van der Waals surface area contributed by atoms with Gasteiger partial charge in [-0.3, -0.25) is 9.78 Å². The first kappa shape index (κ1) is 18.2. The van der Waals surface area contributed by atoms with Crippen LogP contribution in [0.4, 0.5) is 0 Å². The molecule has 0 atom stereocenters. The van der Waals surface area contributed by atoms with Crippen LogP contribution in [0.5, 0.6) is 17.4 Å². The zero-order valence-electron chi connectivity index (χ0n) is 14.6. The molecule has 0 fully saturated rings. The summed E-state index contributed by atoms with van der Waals surface area (Å²) in [6.07, 6.45) is 4.49. The Kier molecular flexibility index (Phi) is 5.20. The van der Waals surface area contributed by atoms with Gasteiger partial charge in [-0.2, -0.15) is 0 Å². The SMILES string of the molecule is CCOC(=O)c1oc2cnccc2c1O.COc1ccnc2c1C(=O)CO2. The molecule has 0 aliphatic carbocycles. The Morgan fingerprint density at radius 1 is 1.33 bits per heavy atom. The van der Waals surface area contributed by atoms with Crippen LogP contribution < -0.4 is 9.47 Å². The van der Waals surface area contributed by atoms with Gasteiger partial charge in [0, 0.05) is 12.4 Å². The van der Waals surface area contributed by atoms with Gasteiger partial charge in [0.15, 0.2) is 17.9 Å². The summed E-state index contributed by atoms with van der Waals surface area (Å²) in [6.45, 7) is 1.98.